The van der Waals surface area contributed by atoms with Gasteiger partial charge in [0, 0.05) is 19.5 Å². The number of carbonyl (C=O) groups is 1. The number of rotatable bonds is 14. The molecule has 1 rings (SSSR count). The zero-order valence-electron chi connectivity index (χ0n) is 21.1. The molecule has 4 heteroatoms. The third-order valence-electron chi connectivity index (χ3n) is 6.59. The summed E-state index contributed by atoms with van der Waals surface area (Å²) in [6.07, 6.45) is 10.1. The number of nitrogens with zero attached hydrogens (tertiary/aromatic N) is 1. The Morgan fingerprint density at radius 3 is 2.31 bits per heavy atom. The van der Waals surface area contributed by atoms with Crippen molar-refractivity contribution >= 4 is 11.6 Å². The summed E-state index contributed by atoms with van der Waals surface area (Å²) in [7, 11) is 1.81. The molecule has 4 nitrogen and oxygen atoms in total. The van der Waals surface area contributed by atoms with E-state index >= 15 is 0 Å². The Bertz CT molecular complexity index is 854. The largest absolute Gasteiger partial charge is 0.377 e. The number of nitrogens with one attached hydrogen (secondary N) is 1. The maximum absolute atomic E-state index is 11.4. The van der Waals surface area contributed by atoms with Gasteiger partial charge in [0.25, 0.3) is 0 Å². The lowest BCUT2D eigenvalue weighted by molar-refractivity contribution is -0.118. The Balaban J connectivity index is 3.09. The predicted molar refractivity (Wildman–Crippen MR) is 140 cm³/mol. The van der Waals surface area contributed by atoms with Crippen molar-refractivity contribution in [1.29, 1.82) is 0 Å². The minimum Gasteiger partial charge on any atom is -0.377 e. The average Bonchev–Trinajstić information content (AvgIpc) is 3.25. The number of carbonyl (C=O) groups excluding carboxylic acids is 1. The van der Waals surface area contributed by atoms with Crippen LogP contribution < -0.4 is 11.1 Å². The van der Waals surface area contributed by atoms with Gasteiger partial charge >= 0.3 is 0 Å². The summed E-state index contributed by atoms with van der Waals surface area (Å²) in [5, 5.41) is 3.63. The van der Waals surface area contributed by atoms with Gasteiger partial charge in [0.15, 0.2) is 0 Å². The molecule has 0 spiro atoms. The van der Waals surface area contributed by atoms with Crippen molar-refractivity contribution in [2.75, 3.05) is 7.05 Å². The van der Waals surface area contributed by atoms with Gasteiger partial charge in [0.05, 0.1) is 11.4 Å². The summed E-state index contributed by atoms with van der Waals surface area (Å²) in [5.74, 6) is 0.450. The molecule has 3 N–H and O–H groups in total. The number of aliphatic imine (C=N–C) groups is 1. The molecule has 0 fully saturated rings. The predicted octanol–water partition coefficient (Wildman–Crippen LogP) is 6.20. The van der Waals surface area contributed by atoms with Gasteiger partial charge in [-0.1, -0.05) is 75.0 Å². The molecule has 3 atom stereocenters. The van der Waals surface area contributed by atoms with Gasteiger partial charge in [-0.05, 0) is 63.0 Å². The van der Waals surface area contributed by atoms with Crippen LogP contribution in [0.5, 0.6) is 0 Å². The fraction of sp³-hybridized carbons (Fsp3) is 0.500. The second-order valence-electron chi connectivity index (χ2n) is 9.05. The lowest BCUT2D eigenvalue weighted by Crippen LogP contribution is -2.40. The Labute approximate surface area is 195 Å². The van der Waals surface area contributed by atoms with Crippen LogP contribution in [0.4, 0.5) is 0 Å². The van der Waals surface area contributed by atoms with Crippen molar-refractivity contribution in [2.45, 2.75) is 72.8 Å². The van der Waals surface area contributed by atoms with Crippen LogP contribution in [0.1, 0.15) is 66.7 Å². The molecule has 1 aliphatic rings. The highest BCUT2D eigenvalue weighted by atomic mass is 16.1. The van der Waals surface area contributed by atoms with Crippen LogP contribution in [0.15, 0.2) is 76.5 Å². The second kappa shape index (κ2) is 13.0. The van der Waals surface area contributed by atoms with Gasteiger partial charge in [-0.15, -0.1) is 0 Å². The highest BCUT2D eigenvalue weighted by Gasteiger charge is 2.28. The Kier molecular flexibility index (Phi) is 11.2. The molecule has 0 saturated heterocycles. The number of allylic oxidation sites excluding steroid dienone is 7. The fourth-order valence-electron chi connectivity index (χ4n) is 4.36. The van der Waals surface area contributed by atoms with E-state index < -0.39 is 0 Å². The molecule has 0 aromatic heterocycles. The van der Waals surface area contributed by atoms with Gasteiger partial charge in [-0.2, -0.15) is 0 Å². The minimum atomic E-state index is -0.266. The van der Waals surface area contributed by atoms with Crippen molar-refractivity contribution in [2.24, 2.45) is 22.6 Å². The zero-order chi connectivity index (χ0) is 24.4. The molecule has 0 aromatic carbocycles. The van der Waals surface area contributed by atoms with Crippen LogP contribution in [0.2, 0.25) is 0 Å². The van der Waals surface area contributed by atoms with Crippen molar-refractivity contribution in [3.63, 3.8) is 0 Å². The summed E-state index contributed by atoms with van der Waals surface area (Å²) >= 11 is 0. The van der Waals surface area contributed by atoms with E-state index in [1.807, 2.05) is 14.0 Å². The summed E-state index contributed by atoms with van der Waals surface area (Å²) in [6, 6.07) is 0.0710. The first-order valence-electron chi connectivity index (χ1n) is 11.6. The van der Waals surface area contributed by atoms with E-state index in [1.165, 1.54) is 16.7 Å². The third-order valence-corrected chi connectivity index (χ3v) is 6.59. The molecule has 32 heavy (non-hydrogen) atoms. The normalized spacial score (nSPS) is 17.2. The first-order valence-corrected chi connectivity index (χ1v) is 11.6. The standard InChI is InChI=1S/C28H43N3O/c1-10-23(17-25(15-16-26(29)32)20(6)18(2)3)21(7)27(19(4)5)31-22(8)28(30-9)24-13-11-12-14-24/h11-13,21,23,27,31H,2,4,8,10,14-17H2,1,3,5-7,9H3,(H2,29,32)/b25-20+,30-28?. The van der Waals surface area contributed by atoms with Crippen LogP contribution >= 0.6 is 0 Å². The van der Waals surface area contributed by atoms with Crippen molar-refractivity contribution < 1.29 is 4.79 Å². The minimum absolute atomic E-state index is 0.0710. The third kappa shape index (κ3) is 7.81. The smallest absolute Gasteiger partial charge is 0.217 e. The molecule has 1 aliphatic carbocycles. The molecular formula is C28H43N3O. The molecule has 3 unspecified atom stereocenters. The lowest BCUT2D eigenvalue weighted by Gasteiger charge is -2.34. The monoisotopic (exact) mass is 437 g/mol. The van der Waals surface area contributed by atoms with E-state index in [9.17, 15) is 4.79 Å². The van der Waals surface area contributed by atoms with E-state index in [4.69, 9.17) is 5.73 Å². The maximum atomic E-state index is 11.4. The van der Waals surface area contributed by atoms with Gasteiger partial charge in [0.1, 0.15) is 0 Å². The Morgan fingerprint density at radius 2 is 1.88 bits per heavy atom. The van der Waals surface area contributed by atoms with E-state index in [-0.39, 0.29) is 11.9 Å². The van der Waals surface area contributed by atoms with Gasteiger partial charge in [-0.25, -0.2) is 0 Å². The first kappa shape index (κ1) is 27.4. The molecule has 0 radical (unpaired) electrons. The molecular weight excluding hydrogens is 394 g/mol. The van der Waals surface area contributed by atoms with Crippen LogP contribution in [0.25, 0.3) is 0 Å². The SMILES string of the molecule is C=C(NC(C(=C)C)C(C)C(CC)C/C(CCC(N)=O)=C(\C)C(=C)C)C(=NC)C1=CC=CC1. The highest BCUT2D eigenvalue weighted by molar-refractivity contribution is 6.12. The number of nitrogens with two attached hydrogens (primary N) is 1. The zero-order valence-corrected chi connectivity index (χ0v) is 21.1. The fourth-order valence-corrected chi connectivity index (χ4v) is 4.36. The van der Waals surface area contributed by atoms with Gasteiger partial charge in [-0.3, -0.25) is 9.79 Å². The Hall–Kier alpha value is -2.62. The first-order chi connectivity index (χ1) is 15.0. The average molecular weight is 438 g/mol. The van der Waals surface area contributed by atoms with E-state index in [1.54, 1.807) is 0 Å². The molecule has 0 heterocycles. The number of hydrogen-bond donors (Lipinski definition) is 2. The van der Waals surface area contributed by atoms with E-state index in [2.05, 4.69) is 76.0 Å². The maximum Gasteiger partial charge on any atom is 0.217 e. The summed E-state index contributed by atoms with van der Waals surface area (Å²) < 4.78 is 0. The Morgan fingerprint density at radius 1 is 1.22 bits per heavy atom. The molecule has 0 saturated carbocycles. The summed E-state index contributed by atoms with van der Waals surface area (Å²) in [5.41, 5.74) is 12.9. The number of amides is 1. The van der Waals surface area contributed by atoms with E-state index in [0.29, 0.717) is 24.7 Å². The van der Waals surface area contributed by atoms with Gasteiger partial charge < -0.3 is 11.1 Å². The molecule has 1 amide bonds. The lowest BCUT2D eigenvalue weighted by atomic mass is 9.77. The van der Waals surface area contributed by atoms with Crippen LogP contribution in [0.3, 0.4) is 0 Å². The number of primary amides is 1. The molecule has 0 bridgehead atoms. The van der Waals surface area contributed by atoms with Crippen molar-refractivity contribution in [3.8, 4) is 0 Å². The highest BCUT2D eigenvalue weighted by Crippen LogP contribution is 2.33. The summed E-state index contributed by atoms with van der Waals surface area (Å²) in [4.78, 5) is 15.9. The van der Waals surface area contributed by atoms with Crippen LogP contribution in [-0.4, -0.2) is 24.7 Å². The van der Waals surface area contributed by atoms with Gasteiger partial charge in [0.2, 0.25) is 5.91 Å². The summed E-state index contributed by atoms with van der Waals surface area (Å²) in [6.45, 7) is 23.4. The van der Waals surface area contributed by atoms with Crippen molar-refractivity contribution in [3.05, 3.63) is 71.5 Å². The topological polar surface area (TPSA) is 67.5 Å². The van der Waals surface area contributed by atoms with Crippen LogP contribution in [0, 0.1) is 11.8 Å². The molecule has 176 valence electrons. The molecule has 0 aromatic rings. The van der Waals surface area contributed by atoms with Crippen molar-refractivity contribution in [1.82, 2.24) is 5.32 Å². The molecule has 0 aliphatic heterocycles. The van der Waals surface area contributed by atoms with Crippen LogP contribution in [-0.2, 0) is 4.79 Å². The second-order valence-corrected chi connectivity index (χ2v) is 9.05. The quantitative estimate of drug-likeness (QED) is 0.193. The van der Waals surface area contributed by atoms with E-state index in [0.717, 1.165) is 41.8 Å². The number of hydrogen-bond acceptors (Lipinski definition) is 3.